The third-order valence-electron chi connectivity index (χ3n) is 5.37. The number of fused-ring (bicyclic) bond motifs is 1. The molecule has 9 heteroatoms. The van der Waals surface area contributed by atoms with Crippen LogP contribution in [0.2, 0.25) is 0 Å². The number of methoxy groups -OCH3 is 3. The zero-order valence-corrected chi connectivity index (χ0v) is 19.5. The molecule has 0 aliphatic heterocycles. The van der Waals surface area contributed by atoms with E-state index < -0.39 is 11.8 Å². The number of carbonyl (C=O) groups excluding carboxylic acids is 2. The third kappa shape index (κ3) is 4.98. The number of hydrogen-bond donors (Lipinski definition) is 2. The summed E-state index contributed by atoms with van der Waals surface area (Å²) in [5.74, 6) is 0.344. The number of amides is 2. The number of para-hydroxylation sites is 1. The van der Waals surface area contributed by atoms with Crippen molar-refractivity contribution in [1.82, 2.24) is 20.8 Å². The maximum atomic E-state index is 13.1. The first-order valence-corrected chi connectivity index (χ1v) is 10.7. The zero-order chi connectivity index (χ0) is 24.8. The maximum Gasteiger partial charge on any atom is 0.270 e. The number of hydrazine groups is 1. The molecule has 9 nitrogen and oxygen atoms in total. The number of nitrogens with zero attached hydrogens (tertiary/aromatic N) is 2. The topological polar surface area (TPSA) is 112 Å². The van der Waals surface area contributed by atoms with Crippen molar-refractivity contribution < 1.29 is 23.8 Å². The first kappa shape index (κ1) is 23.5. The second-order valence-corrected chi connectivity index (χ2v) is 7.49. The normalized spacial score (nSPS) is 10.5. The molecule has 0 radical (unpaired) electrons. The molecule has 2 heterocycles. The van der Waals surface area contributed by atoms with Crippen molar-refractivity contribution in [3.05, 3.63) is 78.1 Å². The predicted octanol–water partition coefficient (Wildman–Crippen LogP) is 3.33. The van der Waals surface area contributed by atoms with Crippen molar-refractivity contribution in [3.8, 4) is 28.5 Å². The van der Waals surface area contributed by atoms with Crippen LogP contribution >= 0.6 is 0 Å². The lowest BCUT2D eigenvalue weighted by Gasteiger charge is -2.16. The Hall–Kier alpha value is -4.66. The molecule has 178 valence electrons. The molecule has 2 aromatic heterocycles. The van der Waals surface area contributed by atoms with E-state index in [1.165, 1.54) is 21.3 Å². The molecule has 0 atom stereocenters. The van der Waals surface area contributed by atoms with E-state index >= 15 is 0 Å². The van der Waals surface area contributed by atoms with Crippen molar-refractivity contribution >= 4 is 22.7 Å². The van der Waals surface area contributed by atoms with Gasteiger partial charge < -0.3 is 14.2 Å². The first-order chi connectivity index (χ1) is 17.0. The summed E-state index contributed by atoms with van der Waals surface area (Å²) in [6.07, 6.45) is 3.29. The minimum absolute atomic E-state index is 0.0537. The van der Waals surface area contributed by atoms with Crippen LogP contribution in [-0.4, -0.2) is 43.1 Å². The average Bonchev–Trinajstić information content (AvgIpc) is 2.91. The number of aromatic nitrogens is 2. The van der Waals surface area contributed by atoms with Gasteiger partial charge in [-0.2, -0.15) is 0 Å². The predicted molar refractivity (Wildman–Crippen MR) is 130 cm³/mol. The Bertz CT molecular complexity index is 1380. The summed E-state index contributed by atoms with van der Waals surface area (Å²) in [4.78, 5) is 34.5. The van der Waals surface area contributed by atoms with E-state index in [4.69, 9.17) is 14.2 Å². The van der Waals surface area contributed by atoms with E-state index in [0.29, 0.717) is 45.0 Å². The number of pyridine rings is 2. The molecule has 2 N–H and O–H groups in total. The number of nitrogens with one attached hydrogen (secondary N) is 2. The highest BCUT2D eigenvalue weighted by molar-refractivity contribution is 6.07. The van der Waals surface area contributed by atoms with Crippen LogP contribution in [0, 0.1) is 0 Å². The quantitative estimate of drug-likeness (QED) is 0.397. The summed E-state index contributed by atoms with van der Waals surface area (Å²) >= 11 is 0. The second-order valence-electron chi connectivity index (χ2n) is 7.49. The van der Waals surface area contributed by atoms with E-state index in [1.807, 2.05) is 24.3 Å². The summed E-state index contributed by atoms with van der Waals surface area (Å²) < 4.78 is 16.1. The molecular formula is C26H24N4O5. The van der Waals surface area contributed by atoms with E-state index in [2.05, 4.69) is 20.8 Å². The SMILES string of the molecule is COc1ccc(CC(=O)NNC(=O)c2cc(-c3cccnc3)nc3ccccc23)c(OC)c1OC. The van der Waals surface area contributed by atoms with Gasteiger partial charge in [0.05, 0.1) is 44.5 Å². The molecule has 4 aromatic rings. The minimum atomic E-state index is -0.471. The zero-order valence-electron chi connectivity index (χ0n) is 19.5. The monoisotopic (exact) mass is 472 g/mol. The number of rotatable bonds is 7. The molecule has 0 spiro atoms. The standard InChI is InChI=1S/C26H24N4O5/c1-33-22-11-10-16(24(34-2)25(22)35-3)13-23(31)29-30-26(32)19-14-21(17-7-6-12-27-15-17)28-20-9-5-4-8-18(19)20/h4-12,14-15H,13H2,1-3H3,(H,29,31)(H,30,32). The third-order valence-corrected chi connectivity index (χ3v) is 5.37. The molecule has 0 fully saturated rings. The van der Waals surface area contributed by atoms with Gasteiger partial charge in [-0.25, -0.2) is 4.98 Å². The molecule has 0 aliphatic carbocycles. The van der Waals surface area contributed by atoms with Crippen LogP contribution in [0.25, 0.3) is 22.2 Å². The molecule has 0 saturated heterocycles. The van der Waals surface area contributed by atoms with Crippen LogP contribution in [0.5, 0.6) is 17.2 Å². The molecule has 0 aliphatic rings. The Morgan fingerprint density at radius 3 is 2.40 bits per heavy atom. The Labute approximate surface area is 202 Å². The number of benzene rings is 2. The highest BCUT2D eigenvalue weighted by Gasteiger charge is 2.19. The number of hydrogen-bond acceptors (Lipinski definition) is 7. The Morgan fingerprint density at radius 2 is 1.69 bits per heavy atom. The van der Waals surface area contributed by atoms with Gasteiger partial charge in [-0.3, -0.25) is 25.4 Å². The lowest BCUT2D eigenvalue weighted by molar-refractivity contribution is -0.121. The summed E-state index contributed by atoms with van der Waals surface area (Å²) in [5, 5.41) is 0.661. The highest BCUT2D eigenvalue weighted by Crippen LogP contribution is 2.39. The van der Waals surface area contributed by atoms with Crippen molar-refractivity contribution in [2.75, 3.05) is 21.3 Å². The van der Waals surface area contributed by atoms with Gasteiger partial charge in [0.2, 0.25) is 11.7 Å². The average molecular weight is 473 g/mol. The van der Waals surface area contributed by atoms with Gasteiger partial charge in [-0.15, -0.1) is 0 Å². The molecule has 4 rings (SSSR count). The highest BCUT2D eigenvalue weighted by atomic mass is 16.5. The Morgan fingerprint density at radius 1 is 0.886 bits per heavy atom. The van der Waals surface area contributed by atoms with E-state index in [9.17, 15) is 9.59 Å². The Kier molecular flexibility index (Phi) is 7.06. The molecule has 0 saturated carbocycles. The van der Waals surface area contributed by atoms with Crippen LogP contribution in [0.1, 0.15) is 15.9 Å². The lowest BCUT2D eigenvalue weighted by Crippen LogP contribution is -2.42. The van der Waals surface area contributed by atoms with Gasteiger partial charge in [-0.05, 0) is 30.3 Å². The summed E-state index contributed by atoms with van der Waals surface area (Å²) in [6, 6.07) is 16.0. The van der Waals surface area contributed by atoms with Crippen molar-refractivity contribution in [3.63, 3.8) is 0 Å². The fourth-order valence-corrected chi connectivity index (χ4v) is 3.74. The molecular weight excluding hydrogens is 448 g/mol. The van der Waals surface area contributed by atoms with Crippen molar-refractivity contribution in [2.45, 2.75) is 6.42 Å². The smallest absolute Gasteiger partial charge is 0.270 e. The van der Waals surface area contributed by atoms with Crippen molar-refractivity contribution in [1.29, 1.82) is 0 Å². The lowest BCUT2D eigenvalue weighted by atomic mass is 10.0. The maximum absolute atomic E-state index is 13.1. The molecule has 0 unspecified atom stereocenters. The molecule has 2 amide bonds. The van der Waals surface area contributed by atoms with Crippen LogP contribution in [0.15, 0.2) is 67.0 Å². The number of carbonyl (C=O) groups is 2. The summed E-state index contributed by atoms with van der Waals surface area (Å²) in [7, 11) is 4.49. The van der Waals surface area contributed by atoms with Gasteiger partial charge in [0.1, 0.15) is 0 Å². The van der Waals surface area contributed by atoms with Crippen molar-refractivity contribution in [2.24, 2.45) is 0 Å². The van der Waals surface area contributed by atoms with Gasteiger partial charge in [0, 0.05) is 28.9 Å². The van der Waals surface area contributed by atoms with E-state index in [1.54, 1.807) is 42.7 Å². The molecule has 0 bridgehead atoms. The second kappa shape index (κ2) is 10.5. The van der Waals surface area contributed by atoms with Crippen LogP contribution in [-0.2, 0) is 11.2 Å². The summed E-state index contributed by atoms with van der Waals surface area (Å²) in [6.45, 7) is 0. The van der Waals surface area contributed by atoms with Gasteiger partial charge in [-0.1, -0.05) is 24.3 Å². The van der Waals surface area contributed by atoms with Gasteiger partial charge in [0.15, 0.2) is 11.5 Å². The fourth-order valence-electron chi connectivity index (χ4n) is 3.74. The largest absolute Gasteiger partial charge is 0.493 e. The first-order valence-electron chi connectivity index (χ1n) is 10.7. The Balaban J connectivity index is 1.54. The minimum Gasteiger partial charge on any atom is -0.493 e. The molecule has 2 aromatic carbocycles. The molecule has 35 heavy (non-hydrogen) atoms. The van der Waals surface area contributed by atoms with Crippen LogP contribution in [0.4, 0.5) is 0 Å². The van der Waals surface area contributed by atoms with E-state index in [-0.39, 0.29) is 6.42 Å². The van der Waals surface area contributed by atoms with Crippen LogP contribution in [0.3, 0.4) is 0 Å². The number of ether oxygens (including phenoxy) is 3. The summed E-state index contributed by atoms with van der Waals surface area (Å²) in [5.41, 5.74) is 7.95. The van der Waals surface area contributed by atoms with E-state index in [0.717, 1.165) is 5.56 Å². The van der Waals surface area contributed by atoms with Gasteiger partial charge >= 0.3 is 0 Å². The fraction of sp³-hybridized carbons (Fsp3) is 0.154. The van der Waals surface area contributed by atoms with Crippen LogP contribution < -0.4 is 25.1 Å². The van der Waals surface area contributed by atoms with Gasteiger partial charge in [0.25, 0.3) is 5.91 Å².